The van der Waals surface area contributed by atoms with E-state index in [9.17, 15) is 27.9 Å². The Kier molecular flexibility index (Phi) is 4.77. The van der Waals surface area contributed by atoms with E-state index in [1.165, 1.54) is 23.8 Å². The van der Waals surface area contributed by atoms with Gasteiger partial charge in [0.25, 0.3) is 0 Å². The van der Waals surface area contributed by atoms with Gasteiger partial charge in [0.05, 0.1) is 36.9 Å². The Morgan fingerprint density at radius 1 is 1.18 bits per heavy atom. The van der Waals surface area contributed by atoms with Crippen LogP contribution in [0, 0.1) is 0 Å². The maximum absolute atomic E-state index is 13.1. The van der Waals surface area contributed by atoms with Crippen LogP contribution in [0.25, 0.3) is 5.69 Å². The number of benzene rings is 2. The predicted molar refractivity (Wildman–Crippen MR) is 112 cm³/mol. The van der Waals surface area contributed by atoms with Crippen molar-refractivity contribution in [3.8, 4) is 17.3 Å². The molecule has 0 radical (unpaired) electrons. The Labute approximate surface area is 186 Å². The van der Waals surface area contributed by atoms with E-state index in [0.29, 0.717) is 18.7 Å². The fourth-order valence-corrected chi connectivity index (χ4v) is 4.83. The lowest BCUT2D eigenvalue weighted by molar-refractivity contribution is -0.137. The molecule has 1 amide bonds. The van der Waals surface area contributed by atoms with Crippen molar-refractivity contribution in [2.75, 3.05) is 13.7 Å². The summed E-state index contributed by atoms with van der Waals surface area (Å²) in [7, 11) is 1.54. The lowest BCUT2D eigenvalue weighted by atomic mass is 10.1. The van der Waals surface area contributed by atoms with Crippen LogP contribution in [0.5, 0.6) is 11.6 Å². The molecule has 33 heavy (non-hydrogen) atoms. The van der Waals surface area contributed by atoms with Gasteiger partial charge in [0.2, 0.25) is 11.8 Å². The zero-order chi connectivity index (χ0) is 23.5. The van der Waals surface area contributed by atoms with Gasteiger partial charge in [-0.2, -0.15) is 13.2 Å². The van der Waals surface area contributed by atoms with Gasteiger partial charge >= 0.3 is 11.9 Å². The van der Waals surface area contributed by atoms with Gasteiger partial charge in [-0.1, -0.05) is 18.2 Å². The van der Waals surface area contributed by atoms with Crippen molar-refractivity contribution in [2.24, 2.45) is 0 Å². The fourth-order valence-electron chi connectivity index (χ4n) is 4.83. The van der Waals surface area contributed by atoms with Gasteiger partial charge in [-0.3, -0.25) is 9.36 Å². The van der Waals surface area contributed by atoms with Gasteiger partial charge in [-0.15, -0.1) is 0 Å². The van der Waals surface area contributed by atoms with Crippen LogP contribution in [0.1, 0.15) is 35.3 Å². The molecule has 1 fully saturated rings. The van der Waals surface area contributed by atoms with E-state index >= 15 is 0 Å². The number of carbonyl (C=O) groups excluding carboxylic acids is 1. The third-order valence-electron chi connectivity index (χ3n) is 6.30. The van der Waals surface area contributed by atoms with Crippen molar-refractivity contribution in [1.82, 2.24) is 14.0 Å². The number of methoxy groups -OCH3 is 1. The average molecular weight is 459 g/mol. The van der Waals surface area contributed by atoms with Crippen LogP contribution in [-0.2, 0) is 17.4 Å². The number of likely N-dealkylation sites (tertiary alicyclic amines) is 1. The Balaban J connectivity index is 1.47. The van der Waals surface area contributed by atoms with Crippen LogP contribution in [0.15, 0.2) is 53.3 Å². The minimum Gasteiger partial charge on any atom is -0.497 e. The molecule has 10 heteroatoms. The highest BCUT2D eigenvalue weighted by Gasteiger charge is 2.49. The minimum atomic E-state index is -4.58. The Morgan fingerprint density at radius 3 is 2.67 bits per heavy atom. The van der Waals surface area contributed by atoms with Crippen LogP contribution in [0.4, 0.5) is 13.2 Å². The third kappa shape index (κ3) is 3.37. The number of hydrogen-bond acceptors (Lipinski definition) is 4. The Bertz CT molecular complexity index is 1310. The second-order valence-corrected chi connectivity index (χ2v) is 8.22. The highest BCUT2D eigenvalue weighted by atomic mass is 19.4. The zero-order valence-electron chi connectivity index (χ0n) is 17.5. The number of carbonyl (C=O) groups is 1. The first-order chi connectivity index (χ1) is 15.7. The summed E-state index contributed by atoms with van der Waals surface area (Å²) in [5.41, 5.74) is -0.592. The molecule has 0 saturated carbocycles. The molecule has 7 nitrogen and oxygen atoms in total. The number of hydrogen-bond donors (Lipinski definition) is 1. The number of aromatic hydroxyl groups is 1. The number of amides is 1. The zero-order valence-corrected chi connectivity index (χ0v) is 17.5. The van der Waals surface area contributed by atoms with Gasteiger partial charge in [0, 0.05) is 6.54 Å². The molecule has 172 valence electrons. The highest BCUT2D eigenvalue weighted by Crippen LogP contribution is 2.48. The number of rotatable bonds is 4. The van der Waals surface area contributed by atoms with Gasteiger partial charge < -0.3 is 14.7 Å². The smallest absolute Gasteiger partial charge is 0.416 e. The summed E-state index contributed by atoms with van der Waals surface area (Å²) >= 11 is 0. The Morgan fingerprint density at radius 2 is 1.94 bits per heavy atom. The normalized spacial score (nSPS) is 19.1. The molecule has 3 heterocycles. The van der Waals surface area contributed by atoms with E-state index in [1.54, 1.807) is 23.1 Å². The van der Waals surface area contributed by atoms with E-state index in [4.69, 9.17) is 4.74 Å². The summed E-state index contributed by atoms with van der Waals surface area (Å²) < 4.78 is 46.9. The molecule has 2 unspecified atom stereocenters. The number of nitrogens with zero attached hydrogens (tertiary/aromatic N) is 3. The quantitative estimate of drug-likeness (QED) is 0.649. The summed E-state index contributed by atoms with van der Waals surface area (Å²) in [5.74, 6) is 0.0271. The first kappa shape index (κ1) is 21.2. The van der Waals surface area contributed by atoms with Gasteiger partial charge in [-0.25, -0.2) is 9.36 Å². The number of alkyl halides is 3. The molecular weight excluding hydrogens is 439 g/mol. The van der Waals surface area contributed by atoms with Gasteiger partial charge in [-0.05, 0) is 42.3 Å². The largest absolute Gasteiger partial charge is 0.497 e. The van der Waals surface area contributed by atoms with Crippen LogP contribution in [-0.4, -0.2) is 38.7 Å². The van der Waals surface area contributed by atoms with Crippen LogP contribution in [0.2, 0.25) is 0 Å². The van der Waals surface area contributed by atoms with Gasteiger partial charge in [0.15, 0.2) is 0 Å². The summed E-state index contributed by atoms with van der Waals surface area (Å²) in [6.07, 6.45) is -3.98. The Hall–Kier alpha value is -3.69. The number of ether oxygens (including phenoxy) is 1. The van der Waals surface area contributed by atoms with Gasteiger partial charge in [0.1, 0.15) is 11.4 Å². The molecule has 0 aliphatic carbocycles. The van der Waals surface area contributed by atoms with Crippen molar-refractivity contribution >= 4 is 5.91 Å². The molecule has 2 aliphatic heterocycles. The maximum atomic E-state index is 13.1. The predicted octanol–water partition coefficient (Wildman–Crippen LogP) is 3.44. The summed E-state index contributed by atoms with van der Waals surface area (Å²) in [5, 5.41) is 10.9. The van der Waals surface area contributed by atoms with E-state index in [0.717, 1.165) is 22.3 Å². The van der Waals surface area contributed by atoms with Crippen LogP contribution < -0.4 is 10.4 Å². The summed E-state index contributed by atoms with van der Waals surface area (Å²) in [4.78, 5) is 27.7. The summed E-state index contributed by atoms with van der Waals surface area (Å²) in [6.45, 7) is 0.298. The molecule has 2 bridgehead atoms. The monoisotopic (exact) mass is 459 g/mol. The highest BCUT2D eigenvalue weighted by molar-refractivity contribution is 5.80. The number of aromatic nitrogens is 2. The summed E-state index contributed by atoms with van der Waals surface area (Å²) in [6, 6.07) is 10.5. The molecule has 3 aromatic rings. The molecular formula is C23H20F3N3O4. The van der Waals surface area contributed by atoms with Crippen molar-refractivity contribution in [3.63, 3.8) is 0 Å². The first-order valence-electron chi connectivity index (χ1n) is 10.3. The molecule has 2 atom stereocenters. The van der Waals surface area contributed by atoms with Crippen molar-refractivity contribution < 1.29 is 27.8 Å². The van der Waals surface area contributed by atoms with E-state index < -0.39 is 29.4 Å². The number of fused-ring (bicyclic) bond motifs is 5. The molecule has 1 N–H and O–H groups in total. The lowest BCUT2D eigenvalue weighted by Gasteiger charge is -2.27. The van der Waals surface area contributed by atoms with E-state index in [-0.39, 0.29) is 29.8 Å². The molecule has 2 aromatic carbocycles. The molecule has 1 saturated heterocycles. The van der Waals surface area contributed by atoms with Crippen molar-refractivity contribution in [2.45, 2.75) is 31.1 Å². The lowest BCUT2D eigenvalue weighted by Crippen LogP contribution is -2.38. The fraction of sp³-hybridized carbons (Fsp3) is 0.304. The SMILES string of the molecule is COc1cccc(CC(=O)N2CC3CC2c2c(O)n(-c4cccc(C(F)(F)F)c4)c(=O)n23)c1. The minimum absolute atomic E-state index is 0.0807. The number of imidazole rings is 1. The topological polar surface area (TPSA) is 76.7 Å². The third-order valence-corrected chi connectivity index (χ3v) is 6.30. The molecule has 2 aliphatic rings. The van der Waals surface area contributed by atoms with Crippen molar-refractivity contribution in [3.05, 3.63) is 75.8 Å². The second kappa shape index (κ2) is 7.43. The maximum Gasteiger partial charge on any atom is 0.416 e. The first-order valence-corrected chi connectivity index (χ1v) is 10.3. The van der Waals surface area contributed by atoms with E-state index in [1.807, 2.05) is 6.07 Å². The number of halogens is 3. The molecule has 5 rings (SSSR count). The molecule has 0 spiro atoms. The standard InChI is InChI=1S/C23H20F3N3O4/c1-33-17-7-2-4-13(8-17)9-19(30)27-12-16-11-18(27)20-21(31)29(22(32)28(16)20)15-6-3-5-14(10-15)23(24,25)26/h2-8,10,16,18,31H,9,11-12H2,1H3. The molecule has 1 aromatic heterocycles. The van der Waals surface area contributed by atoms with Crippen molar-refractivity contribution in [1.29, 1.82) is 0 Å². The van der Waals surface area contributed by atoms with E-state index in [2.05, 4.69) is 0 Å². The average Bonchev–Trinajstić information content (AvgIpc) is 3.45. The van der Waals surface area contributed by atoms with Crippen LogP contribution in [0.3, 0.4) is 0 Å². The second-order valence-electron chi connectivity index (χ2n) is 8.22. The van der Waals surface area contributed by atoms with Crippen LogP contribution >= 0.6 is 0 Å².